The molecule has 1 heterocycles. The average molecular weight is 263 g/mol. The van der Waals surface area contributed by atoms with Gasteiger partial charge in [0.05, 0.1) is 0 Å². The minimum Gasteiger partial charge on any atom is -0.481 e. The summed E-state index contributed by atoms with van der Waals surface area (Å²) in [4.78, 5) is 34.5. The largest absolute Gasteiger partial charge is 0.481 e. The molecule has 1 fully saturated rings. The van der Waals surface area contributed by atoms with Crippen LogP contribution in [0.4, 0.5) is 0 Å². The number of carboxylic acids is 1. The number of hydrogen-bond donors (Lipinski definition) is 2. The molecular weight excluding hydrogens is 248 g/mol. The molecule has 1 saturated heterocycles. The number of carboxylic acid groups (broad SMARTS) is 1. The zero-order valence-electron chi connectivity index (χ0n) is 9.48. The smallest absolute Gasteiger partial charge is 0.315 e. The van der Waals surface area contributed by atoms with Gasteiger partial charge in [-0.05, 0) is 6.92 Å². The molecule has 0 unspecified atom stereocenters. The first-order valence-electron chi connectivity index (χ1n) is 5.30. The van der Waals surface area contributed by atoms with Gasteiger partial charge >= 0.3 is 5.97 Å². The van der Waals surface area contributed by atoms with Crippen LogP contribution in [0.3, 0.4) is 0 Å². The zero-order valence-corrected chi connectivity index (χ0v) is 10.2. The molecule has 0 bridgehead atoms. The highest BCUT2D eigenvalue weighted by Crippen LogP contribution is 2.15. The normalized spacial score (nSPS) is 17.2. The van der Waals surface area contributed by atoms with Gasteiger partial charge in [-0.1, -0.05) is 0 Å². The van der Waals surface area contributed by atoms with Crippen LogP contribution >= 0.6 is 11.6 Å². The van der Waals surface area contributed by atoms with Crippen molar-refractivity contribution in [3.8, 4) is 0 Å². The van der Waals surface area contributed by atoms with E-state index in [2.05, 4.69) is 5.32 Å². The van der Waals surface area contributed by atoms with Crippen LogP contribution in [-0.2, 0) is 14.4 Å². The van der Waals surface area contributed by atoms with E-state index in [0.29, 0.717) is 19.6 Å². The van der Waals surface area contributed by atoms with Gasteiger partial charge in [0.2, 0.25) is 11.8 Å². The summed E-state index contributed by atoms with van der Waals surface area (Å²) in [5.74, 6) is -2.65. The Hall–Kier alpha value is -1.30. The van der Waals surface area contributed by atoms with Gasteiger partial charge in [0, 0.05) is 25.6 Å². The standard InChI is InChI=1S/C10H15ClN2O4/c1-6(10(16)17)9(15)12-3-7-4-13(5-7)8(14)2-11/h6-7H,2-5H2,1H3,(H,12,15)(H,16,17)/t6-/m0/s1. The lowest BCUT2D eigenvalue weighted by Crippen LogP contribution is -2.54. The number of carbonyl (C=O) groups is 3. The molecular formula is C10H15ClN2O4. The fraction of sp³-hybridized carbons (Fsp3) is 0.700. The minimum absolute atomic E-state index is 0.0326. The van der Waals surface area contributed by atoms with Crippen LogP contribution in [0.5, 0.6) is 0 Å². The van der Waals surface area contributed by atoms with Crippen LogP contribution in [-0.4, -0.2) is 53.3 Å². The summed E-state index contributed by atoms with van der Waals surface area (Å²) >= 11 is 5.38. The summed E-state index contributed by atoms with van der Waals surface area (Å²) in [6.07, 6.45) is 0. The Morgan fingerprint density at radius 3 is 2.53 bits per heavy atom. The fourth-order valence-corrected chi connectivity index (χ4v) is 1.67. The van der Waals surface area contributed by atoms with Gasteiger partial charge in [-0.25, -0.2) is 0 Å². The Labute approximate surface area is 104 Å². The molecule has 1 atom stereocenters. The molecule has 1 aliphatic rings. The van der Waals surface area contributed by atoms with Gasteiger partial charge in [0.25, 0.3) is 0 Å². The molecule has 0 aromatic heterocycles. The molecule has 0 radical (unpaired) electrons. The molecule has 2 N–H and O–H groups in total. The molecule has 7 heteroatoms. The number of likely N-dealkylation sites (tertiary alicyclic amines) is 1. The van der Waals surface area contributed by atoms with Crippen LogP contribution in [0.1, 0.15) is 6.92 Å². The molecule has 2 amide bonds. The summed E-state index contributed by atoms with van der Waals surface area (Å²) in [6, 6.07) is 0. The number of alkyl halides is 1. The molecule has 0 spiro atoms. The van der Waals surface area contributed by atoms with Crippen molar-refractivity contribution in [1.82, 2.24) is 10.2 Å². The maximum Gasteiger partial charge on any atom is 0.315 e. The lowest BCUT2D eigenvalue weighted by Gasteiger charge is -2.39. The van der Waals surface area contributed by atoms with E-state index in [-0.39, 0.29) is 17.7 Å². The van der Waals surface area contributed by atoms with Crippen LogP contribution in [0.25, 0.3) is 0 Å². The highest BCUT2D eigenvalue weighted by Gasteiger charge is 2.30. The lowest BCUT2D eigenvalue weighted by atomic mass is 10.00. The Balaban J connectivity index is 2.20. The molecule has 0 saturated carbocycles. The van der Waals surface area contributed by atoms with Gasteiger partial charge in [0.1, 0.15) is 11.8 Å². The number of nitrogens with one attached hydrogen (secondary N) is 1. The monoisotopic (exact) mass is 262 g/mol. The highest BCUT2D eigenvalue weighted by atomic mass is 35.5. The summed E-state index contributed by atoms with van der Waals surface area (Å²) in [7, 11) is 0. The van der Waals surface area contributed by atoms with E-state index in [0.717, 1.165) is 0 Å². The van der Waals surface area contributed by atoms with E-state index in [1.165, 1.54) is 6.92 Å². The second-order valence-electron chi connectivity index (χ2n) is 4.10. The first kappa shape index (κ1) is 13.8. The zero-order chi connectivity index (χ0) is 13.0. The van der Waals surface area contributed by atoms with E-state index in [1.807, 2.05) is 0 Å². The van der Waals surface area contributed by atoms with Crippen LogP contribution in [0.15, 0.2) is 0 Å². The molecule has 1 rings (SSSR count). The van der Waals surface area contributed by atoms with Crippen molar-refractivity contribution < 1.29 is 19.5 Å². The van der Waals surface area contributed by atoms with Gasteiger partial charge in [-0.15, -0.1) is 11.6 Å². The van der Waals surface area contributed by atoms with Crippen LogP contribution in [0.2, 0.25) is 0 Å². The van der Waals surface area contributed by atoms with Gasteiger partial charge in [-0.3, -0.25) is 14.4 Å². The Morgan fingerprint density at radius 1 is 1.47 bits per heavy atom. The number of aliphatic carboxylic acids is 1. The van der Waals surface area contributed by atoms with E-state index in [1.54, 1.807) is 4.90 Å². The molecule has 0 aliphatic carbocycles. The van der Waals surface area contributed by atoms with Crippen LogP contribution < -0.4 is 5.32 Å². The quantitative estimate of drug-likeness (QED) is 0.518. The van der Waals surface area contributed by atoms with Crippen molar-refractivity contribution in [3.05, 3.63) is 0 Å². The number of halogens is 1. The Bertz CT molecular complexity index is 328. The number of carbonyl (C=O) groups excluding carboxylic acids is 2. The first-order valence-corrected chi connectivity index (χ1v) is 5.83. The number of hydrogen-bond acceptors (Lipinski definition) is 3. The summed E-state index contributed by atoms with van der Waals surface area (Å²) in [5, 5.41) is 11.2. The molecule has 17 heavy (non-hydrogen) atoms. The number of rotatable bonds is 5. The fourth-order valence-electron chi connectivity index (χ4n) is 1.50. The number of amides is 2. The van der Waals surface area contributed by atoms with Crippen molar-refractivity contribution in [2.75, 3.05) is 25.5 Å². The third-order valence-corrected chi connectivity index (χ3v) is 2.98. The third kappa shape index (κ3) is 3.59. The second-order valence-corrected chi connectivity index (χ2v) is 4.37. The Kier molecular flexibility index (Phi) is 4.74. The van der Waals surface area contributed by atoms with Crippen molar-refractivity contribution in [2.45, 2.75) is 6.92 Å². The van der Waals surface area contributed by atoms with Crippen LogP contribution in [0, 0.1) is 11.8 Å². The highest BCUT2D eigenvalue weighted by molar-refractivity contribution is 6.27. The maximum atomic E-state index is 11.3. The maximum absolute atomic E-state index is 11.3. The SMILES string of the molecule is C[C@H](C(=O)O)C(=O)NCC1CN(C(=O)CCl)C1. The third-order valence-electron chi connectivity index (χ3n) is 2.75. The second kappa shape index (κ2) is 5.86. The van der Waals surface area contributed by atoms with E-state index in [4.69, 9.17) is 16.7 Å². The molecule has 96 valence electrons. The first-order chi connectivity index (χ1) is 7.95. The van der Waals surface area contributed by atoms with Crippen molar-refractivity contribution in [2.24, 2.45) is 11.8 Å². The van der Waals surface area contributed by atoms with Gasteiger partial charge in [-0.2, -0.15) is 0 Å². The number of nitrogens with zero attached hydrogens (tertiary/aromatic N) is 1. The minimum atomic E-state index is -1.14. The predicted octanol–water partition coefficient (Wildman–Crippen LogP) is -0.479. The van der Waals surface area contributed by atoms with Crippen molar-refractivity contribution in [1.29, 1.82) is 0 Å². The van der Waals surface area contributed by atoms with Crippen molar-refractivity contribution >= 4 is 29.4 Å². The summed E-state index contributed by atoms with van der Waals surface area (Å²) in [6.45, 7) is 2.85. The summed E-state index contributed by atoms with van der Waals surface area (Å²) in [5.41, 5.74) is 0. The topological polar surface area (TPSA) is 86.7 Å². The lowest BCUT2D eigenvalue weighted by molar-refractivity contribution is -0.146. The van der Waals surface area contributed by atoms with E-state index < -0.39 is 17.8 Å². The summed E-state index contributed by atoms with van der Waals surface area (Å²) < 4.78 is 0. The molecule has 0 aromatic carbocycles. The molecule has 1 aliphatic heterocycles. The van der Waals surface area contributed by atoms with Crippen molar-refractivity contribution in [3.63, 3.8) is 0 Å². The molecule has 0 aromatic rings. The Morgan fingerprint density at radius 2 is 2.06 bits per heavy atom. The van der Waals surface area contributed by atoms with E-state index >= 15 is 0 Å². The van der Waals surface area contributed by atoms with E-state index in [9.17, 15) is 14.4 Å². The van der Waals surface area contributed by atoms with Gasteiger partial charge < -0.3 is 15.3 Å². The predicted molar refractivity (Wildman–Crippen MR) is 60.6 cm³/mol. The van der Waals surface area contributed by atoms with Gasteiger partial charge in [0.15, 0.2) is 0 Å². The molecule has 6 nitrogen and oxygen atoms in total. The average Bonchev–Trinajstić information content (AvgIpc) is 2.24.